The van der Waals surface area contributed by atoms with Gasteiger partial charge in [0.1, 0.15) is 0 Å². The molecule has 0 amide bonds. The molecule has 0 atom stereocenters. The fourth-order valence-corrected chi connectivity index (χ4v) is 0.958. The zero-order valence-corrected chi connectivity index (χ0v) is 7.66. The molecule has 68 valence electrons. The van der Waals surface area contributed by atoms with Crippen LogP contribution in [0, 0.1) is 0 Å². The van der Waals surface area contributed by atoms with E-state index < -0.39 is 0 Å². The summed E-state index contributed by atoms with van der Waals surface area (Å²) < 4.78 is 0. The Morgan fingerprint density at radius 3 is 2.69 bits per heavy atom. The van der Waals surface area contributed by atoms with Crippen LogP contribution in [0.3, 0.4) is 0 Å². The first kappa shape index (κ1) is 9.52. The van der Waals surface area contributed by atoms with E-state index in [1.54, 1.807) is 13.0 Å². The summed E-state index contributed by atoms with van der Waals surface area (Å²) in [5.41, 5.74) is 1.07. The molecule has 1 rings (SSSR count). The van der Waals surface area contributed by atoms with Crippen LogP contribution in [-0.4, -0.2) is 12.3 Å². The minimum Gasteiger partial charge on any atom is -0.382 e. The molecule has 0 bridgehead atoms. The maximum atomic E-state index is 10.5. The summed E-state index contributed by atoms with van der Waals surface area (Å²) in [5.74, 6) is 0.0786. The summed E-state index contributed by atoms with van der Waals surface area (Å²) in [6.45, 7) is 2.22. The third kappa shape index (κ3) is 4.11. The number of benzene rings is 1. The summed E-state index contributed by atoms with van der Waals surface area (Å²) >= 11 is 0. The lowest BCUT2D eigenvalue weighted by Gasteiger charge is -2.00. The molecule has 13 heavy (non-hydrogen) atoms. The summed E-state index contributed by atoms with van der Waals surface area (Å²) in [6.07, 6.45) is 3.38. The molecule has 0 aliphatic carbocycles. The monoisotopic (exact) mass is 175 g/mol. The number of carbonyl (C=O) groups is 1. The maximum absolute atomic E-state index is 10.5. The molecule has 0 aliphatic rings. The molecule has 0 unspecified atom stereocenters. The van der Waals surface area contributed by atoms with Gasteiger partial charge in [0, 0.05) is 12.2 Å². The number of rotatable bonds is 4. The van der Waals surface area contributed by atoms with Crippen LogP contribution >= 0.6 is 0 Å². The number of hydrogen-bond donors (Lipinski definition) is 1. The second-order valence-electron chi connectivity index (χ2n) is 2.76. The van der Waals surface area contributed by atoms with Crippen molar-refractivity contribution in [1.82, 2.24) is 0 Å². The molecule has 1 aromatic rings. The number of hydrogen-bond acceptors (Lipinski definition) is 2. The van der Waals surface area contributed by atoms with Crippen LogP contribution in [0.1, 0.15) is 6.92 Å². The van der Waals surface area contributed by atoms with Crippen LogP contribution in [0.2, 0.25) is 0 Å². The maximum Gasteiger partial charge on any atom is 0.152 e. The minimum atomic E-state index is 0.0786. The third-order valence-corrected chi connectivity index (χ3v) is 1.55. The number of para-hydroxylation sites is 1. The Morgan fingerprint density at radius 2 is 2.08 bits per heavy atom. The van der Waals surface area contributed by atoms with E-state index >= 15 is 0 Å². The number of carbonyl (C=O) groups excluding carboxylic acids is 1. The van der Waals surface area contributed by atoms with Crippen molar-refractivity contribution < 1.29 is 4.79 Å². The smallest absolute Gasteiger partial charge is 0.152 e. The Kier molecular flexibility index (Phi) is 3.76. The fraction of sp³-hybridized carbons (Fsp3) is 0.182. The average molecular weight is 175 g/mol. The van der Waals surface area contributed by atoms with Crippen molar-refractivity contribution in [1.29, 1.82) is 0 Å². The van der Waals surface area contributed by atoms with Crippen molar-refractivity contribution in [2.24, 2.45) is 0 Å². The Morgan fingerprint density at radius 1 is 1.38 bits per heavy atom. The van der Waals surface area contributed by atoms with E-state index in [1.165, 1.54) is 0 Å². The van der Waals surface area contributed by atoms with Crippen LogP contribution in [-0.2, 0) is 4.79 Å². The third-order valence-electron chi connectivity index (χ3n) is 1.55. The largest absolute Gasteiger partial charge is 0.382 e. The fourth-order valence-electron chi connectivity index (χ4n) is 0.958. The molecule has 0 radical (unpaired) electrons. The van der Waals surface area contributed by atoms with E-state index in [9.17, 15) is 4.79 Å². The molecule has 2 nitrogen and oxygen atoms in total. The van der Waals surface area contributed by atoms with Crippen LogP contribution < -0.4 is 5.32 Å². The van der Waals surface area contributed by atoms with Gasteiger partial charge in [-0.3, -0.25) is 4.79 Å². The van der Waals surface area contributed by atoms with Gasteiger partial charge in [0.25, 0.3) is 0 Å². The molecule has 1 aromatic carbocycles. The van der Waals surface area contributed by atoms with Gasteiger partial charge < -0.3 is 5.32 Å². The lowest BCUT2D eigenvalue weighted by molar-refractivity contribution is -0.112. The Hall–Kier alpha value is -1.57. The highest BCUT2D eigenvalue weighted by Gasteiger charge is 1.85. The van der Waals surface area contributed by atoms with Crippen LogP contribution in [0.15, 0.2) is 42.5 Å². The minimum absolute atomic E-state index is 0.0786. The van der Waals surface area contributed by atoms with Crippen LogP contribution in [0.25, 0.3) is 0 Å². The zero-order valence-electron chi connectivity index (χ0n) is 7.66. The molecule has 0 fully saturated rings. The van der Waals surface area contributed by atoms with E-state index in [4.69, 9.17) is 0 Å². The molecular formula is C11H13NO. The van der Waals surface area contributed by atoms with Crippen molar-refractivity contribution in [3.05, 3.63) is 42.5 Å². The molecule has 0 aliphatic heterocycles. The predicted molar refractivity (Wildman–Crippen MR) is 54.8 cm³/mol. The van der Waals surface area contributed by atoms with Crippen LogP contribution in [0.5, 0.6) is 0 Å². The van der Waals surface area contributed by atoms with Gasteiger partial charge in [-0.1, -0.05) is 24.3 Å². The molecule has 0 spiro atoms. The van der Waals surface area contributed by atoms with E-state index in [0.717, 1.165) is 5.69 Å². The van der Waals surface area contributed by atoms with E-state index in [2.05, 4.69) is 5.32 Å². The Balaban J connectivity index is 2.32. The normalized spacial score (nSPS) is 10.2. The van der Waals surface area contributed by atoms with E-state index in [-0.39, 0.29) is 5.78 Å². The van der Waals surface area contributed by atoms with Crippen molar-refractivity contribution in [3.8, 4) is 0 Å². The summed E-state index contributed by atoms with van der Waals surface area (Å²) in [5, 5.41) is 3.16. The van der Waals surface area contributed by atoms with Gasteiger partial charge in [-0.25, -0.2) is 0 Å². The van der Waals surface area contributed by atoms with Crippen molar-refractivity contribution in [3.63, 3.8) is 0 Å². The molecule has 2 heteroatoms. The quantitative estimate of drug-likeness (QED) is 0.711. The number of anilines is 1. The second-order valence-corrected chi connectivity index (χ2v) is 2.76. The highest BCUT2D eigenvalue weighted by molar-refractivity contribution is 5.87. The van der Waals surface area contributed by atoms with Gasteiger partial charge in [0.2, 0.25) is 0 Å². The van der Waals surface area contributed by atoms with Crippen molar-refractivity contribution >= 4 is 11.5 Å². The molecular weight excluding hydrogens is 162 g/mol. The first-order valence-electron chi connectivity index (χ1n) is 4.25. The molecule has 0 heterocycles. The highest BCUT2D eigenvalue weighted by Crippen LogP contribution is 2.03. The lowest BCUT2D eigenvalue weighted by Crippen LogP contribution is -1.98. The average Bonchev–Trinajstić information content (AvgIpc) is 2.14. The first-order valence-corrected chi connectivity index (χ1v) is 4.25. The molecule has 0 saturated carbocycles. The number of ketones is 1. The zero-order chi connectivity index (χ0) is 9.52. The first-order chi connectivity index (χ1) is 6.29. The van der Waals surface area contributed by atoms with Gasteiger partial charge in [0.15, 0.2) is 5.78 Å². The van der Waals surface area contributed by atoms with E-state index in [0.29, 0.717) is 6.54 Å². The topological polar surface area (TPSA) is 29.1 Å². The summed E-state index contributed by atoms with van der Waals surface area (Å²) in [6, 6.07) is 9.88. The standard InChI is InChI=1S/C11H13NO/c1-10(13)6-5-9-12-11-7-3-2-4-8-11/h2-8,12H,9H2,1H3. The Labute approximate surface area is 78.3 Å². The lowest BCUT2D eigenvalue weighted by atomic mass is 10.3. The van der Waals surface area contributed by atoms with Gasteiger partial charge >= 0.3 is 0 Å². The van der Waals surface area contributed by atoms with Crippen molar-refractivity contribution in [2.45, 2.75) is 6.92 Å². The number of nitrogens with one attached hydrogen (secondary N) is 1. The van der Waals surface area contributed by atoms with E-state index in [1.807, 2.05) is 36.4 Å². The van der Waals surface area contributed by atoms with Gasteiger partial charge in [-0.2, -0.15) is 0 Å². The Bertz CT molecular complexity index is 290. The molecule has 0 saturated heterocycles. The summed E-state index contributed by atoms with van der Waals surface area (Å²) in [7, 11) is 0. The number of allylic oxidation sites excluding steroid dienone is 1. The van der Waals surface area contributed by atoms with Gasteiger partial charge in [-0.05, 0) is 25.1 Å². The molecule has 0 aromatic heterocycles. The van der Waals surface area contributed by atoms with Gasteiger partial charge in [-0.15, -0.1) is 0 Å². The van der Waals surface area contributed by atoms with Gasteiger partial charge in [0.05, 0.1) is 0 Å². The van der Waals surface area contributed by atoms with Crippen LogP contribution in [0.4, 0.5) is 5.69 Å². The second kappa shape index (κ2) is 5.14. The van der Waals surface area contributed by atoms with Crippen molar-refractivity contribution in [2.75, 3.05) is 11.9 Å². The SMILES string of the molecule is CC(=O)C=CCNc1ccccc1. The predicted octanol–water partition coefficient (Wildman–Crippen LogP) is 2.24. The molecule has 1 N–H and O–H groups in total. The highest BCUT2D eigenvalue weighted by atomic mass is 16.1. The summed E-state index contributed by atoms with van der Waals surface area (Å²) in [4.78, 5) is 10.5.